The van der Waals surface area contributed by atoms with Gasteiger partial charge in [0.2, 0.25) is 0 Å². The highest BCUT2D eigenvalue weighted by atomic mass is 28.4. The summed E-state index contributed by atoms with van der Waals surface area (Å²) in [7, 11) is -1.88. The monoisotopic (exact) mass is 376 g/mol. The van der Waals surface area contributed by atoms with Crippen molar-refractivity contribution in [2.75, 3.05) is 6.61 Å². The van der Waals surface area contributed by atoms with Gasteiger partial charge in [-0.2, -0.15) is 0 Å². The molecular formula is C22H36O3Si. The van der Waals surface area contributed by atoms with Gasteiger partial charge in [-0.25, -0.2) is 0 Å². The van der Waals surface area contributed by atoms with E-state index < -0.39 is 8.32 Å². The molecule has 0 heterocycles. The van der Waals surface area contributed by atoms with Crippen molar-refractivity contribution in [1.29, 1.82) is 0 Å². The molecule has 1 aromatic carbocycles. The van der Waals surface area contributed by atoms with Crippen LogP contribution in [0.4, 0.5) is 0 Å². The first-order chi connectivity index (χ1) is 11.9. The van der Waals surface area contributed by atoms with Gasteiger partial charge in [-0.1, -0.05) is 57.5 Å². The zero-order valence-electron chi connectivity index (χ0n) is 17.8. The minimum Gasteiger partial charge on any atom is -0.466 e. The zero-order valence-corrected chi connectivity index (χ0v) is 18.8. The standard InChI is InChI=1S/C22H36O3Si/c1-9-24-20(23)19-14-18(25-26(7,8)21(3,4)5)15-22(19,6)17-12-10-16(2)11-13-17/h10-13,18-19H,9,14-15H2,1-8H3/t18-,19-,22-/m1/s1. The Balaban J connectivity index is 2.32. The van der Waals surface area contributed by atoms with Crippen LogP contribution in [-0.4, -0.2) is 27.0 Å². The largest absolute Gasteiger partial charge is 0.466 e. The van der Waals surface area contributed by atoms with E-state index in [2.05, 4.69) is 72.0 Å². The molecular weight excluding hydrogens is 340 g/mol. The second kappa shape index (κ2) is 7.47. The number of hydrogen-bond donors (Lipinski definition) is 0. The van der Waals surface area contributed by atoms with Crippen molar-refractivity contribution >= 4 is 14.3 Å². The van der Waals surface area contributed by atoms with Crippen LogP contribution >= 0.6 is 0 Å². The second-order valence-corrected chi connectivity index (χ2v) is 14.3. The van der Waals surface area contributed by atoms with Gasteiger partial charge >= 0.3 is 5.97 Å². The normalized spacial score (nSPS) is 26.8. The molecule has 146 valence electrons. The summed E-state index contributed by atoms with van der Waals surface area (Å²) in [6, 6.07) is 8.59. The molecule has 0 radical (unpaired) electrons. The molecule has 0 aromatic heterocycles. The molecule has 0 amide bonds. The third-order valence-corrected chi connectivity index (χ3v) is 11.0. The van der Waals surface area contributed by atoms with Crippen molar-refractivity contribution in [3.05, 3.63) is 35.4 Å². The van der Waals surface area contributed by atoms with E-state index in [1.165, 1.54) is 11.1 Å². The maximum atomic E-state index is 12.7. The van der Waals surface area contributed by atoms with E-state index >= 15 is 0 Å². The SMILES string of the molecule is CCOC(=O)[C@H]1C[C@@H](O[Si](C)(C)C(C)(C)C)C[C@]1(C)c1ccc(C)cc1. The summed E-state index contributed by atoms with van der Waals surface area (Å²) in [6.45, 7) is 17.9. The van der Waals surface area contributed by atoms with Gasteiger partial charge in [-0.05, 0) is 50.4 Å². The molecule has 4 heteroatoms. The van der Waals surface area contributed by atoms with E-state index in [4.69, 9.17) is 9.16 Å². The summed E-state index contributed by atoms with van der Waals surface area (Å²) < 4.78 is 12.1. The maximum Gasteiger partial charge on any atom is 0.309 e. The first-order valence-electron chi connectivity index (χ1n) is 9.82. The van der Waals surface area contributed by atoms with Gasteiger partial charge in [0.1, 0.15) is 0 Å². The molecule has 26 heavy (non-hydrogen) atoms. The highest BCUT2D eigenvalue weighted by molar-refractivity contribution is 6.74. The molecule has 0 bridgehead atoms. The first kappa shape index (κ1) is 21.2. The van der Waals surface area contributed by atoms with E-state index in [-0.39, 0.29) is 28.4 Å². The van der Waals surface area contributed by atoms with Crippen molar-refractivity contribution in [1.82, 2.24) is 0 Å². The molecule has 1 fully saturated rings. The van der Waals surface area contributed by atoms with Crippen LogP contribution in [-0.2, 0) is 19.4 Å². The average molecular weight is 377 g/mol. The highest BCUT2D eigenvalue weighted by Gasteiger charge is 2.52. The van der Waals surface area contributed by atoms with Crippen LogP contribution in [0, 0.1) is 12.8 Å². The molecule has 0 unspecified atom stereocenters. The minimum atomic E-state index is -1.88. The van der Waals surface area contributed by atoms with E-state index in [0.29, 0.717) is 6.61 Å². The minimum absolute atomic E-state index is 0.0862. The Bertz CT molecular complexity index is 630. The Morgan fingerprint density at radius 3 is 2.31 bits per heavy atom. The lowest BCUT2D eigenvalue weighted by atomic mass is 9.74. The van der Waals surface area contributed by atoms with Crippen LogP contribution in [0.2, 0.25) is 18.1 Å². The molecule has 1 saturated carbocycles. The number of carbonyl (C=O) groups is 1. The van der Waals surface area contributed by atoms with Gasteiger partial charge < -0.3 is 9.16 Å². The lowest BCUT2D eigenvalue weighted by molar-refractivity contribution is -0.149. The van der Waals surface area contributed by atoms with Crippen molar-refractivity contribution < 1.29 is 14.0 Å². The number of benzene rings is 1. The molecule has 0 N–H and O–H groups in total. The van der Waals surface area contributed by atoms with Crippen molar-refractivity contribution in [3.63, 3.8) is 0 Å². The third kappa shape index (κ3) is 4.23. The summed E-state index contributed by atoms with van der Waals surface area (Å²) in [5.41, 5.74) is 2.20. The zero-order chi connectivity index (χ0) is 19.8. The molecule has 2 rings (SSSR count). The molecule has 1 aliphatic rings. The van der Waals surface area contributed by atoms with Crippen molar-refractivity contribution in [3.8, 4) is 0 Å². The Labute approximate surface area is 160 Å². The van der Waals surface area contributed by atoms with E-state index in [0.717, 1.165) is 12.8 Å². The van der Waals surface area contributed by atoms with Gasteiger partial charge in [0, 0.05) is 11.5 Å². The molecule has 1 aromatic rings. The van der Waals surface area contributed by atoms with Gasteiger partial charge in [-0.15, -0.1) is 0 Å². The van der Waals surface area contributed by atoms with Crippen molar-refractivity contribution in [2.45, 2.75) is 84.0 Å². The molecule has 0 spiro atoms. The van der Waals surface area contributed by atoms with Crippen molar-refractivity contribution in [2.24, 2.45) is 5.92 Å². The lowest BCUT2D eigenvalue weighted by Crippen LogP contribution is -2.43. The predicted octanol–water partition coefficient (Wildman–Crippen LogP) is 5.62. The molecule has 1 aliphatic carbocycles. The Hall–Kier alpha value is -1.13. The van der Waals surface area contributed by atoms with Crippen LogP contribution in [0.3, 0.4) is 0 Å². The topological polar surface area (TPSA) is 35.5 Å². The summed E-state index contributed by atoms with van der Waals surface area (Å²) in [4.78, 5) is 12.7. The number of hydrogen-bond acceptors (Lipinski definition) is 3. The maximum absolute atomic E-state index is 12.7. The van der Waals surface area contributed by atoms with Gasteiger partial charge in [-0.3, -0.25) is 4.79 Å². The van der Waals surface area contributed by atoms with Crippen LogP contribution in [0.5, 0.6) is 0 Å². The predicted molar refractivity (Wildman–Crippen MR) is 110 cm³/mol. The van der Waals surface area contributed by atoms with Gasteiger partial charge in [0.15, 0.2) is 8.32 Å². The van der Waals surface area contributed by atoms with Crippen LogP contribution < -0.4 is 0 Å². The van der Waals surface area contributed by atoms with Crippen LogP contribution in [0.1, 0.15) is 58.6 Å². The fraction of sp³-hybridized carbons (Fsp3) is 0.682. The lowest BCUT2D eigenvalue weighted by Gasteiger charge is -2.38. The summed E-state index contributed by atoms with van der Waals surface area (Å²) in [6.07, 6.45) is 1.72. The smallest absolute Gasteiger partial charge is 0.309 e. The van der Waals surface area contributed by atoms with E-state index in [1.54, 1.807) is 0 Å². The third-order valence-electron chi connectivity index (χ3n) is 6.47. The fourth-order valence-corrected chi connectivity index (χ4v) is 5.12. The van der Waals surface area contributed by atoms with Crippen LogP contribution in [0.15, 0.2) is 24.3 Å². The average Bonchev–Trinajstić information content (AvgIpc) is 2.84. The van der Waals surface area contributed by atoms with E-state index in [1.807, 2.05) is 6.92 Å². The quantitative estimate of drug-likeness (QED) is 0.494. The van der Waals surface area contributed by atoms with Crippen LogP contribution in [0.25, 0.3) is 0 Å². The van der Waals surface area contributed by atoms with Gasteiger partial charge in [0.05, 0.1) is 12.5 Å². The number of carbonyl (C=O) groups excluding carboxylic acids is 1. The summed E-state index contributed by atoms with van der Waals surface area (Å²) in [5, 5.41) is 0.162. The number of ether oxygens (including phenoxy) is 1. The summed E-state index contributed by atoms with van der Waals surface area (Å²) in [5.74, 6) is -0.239. The number of aryl methyl sites for hydroxylation is 1. The Morgan fingerprint density at radius 1 is 1.23 bits per heavy atom. The number of esters is 1. The fourth-order valence-electron chi connectivity index (χ4n) is 3.76. The molecule has 0 aliphatic heterocycles. The Morgan fingerprint density at radius 2 is 1.81 bits per heavy atom. The van der Waals surface area contributed by atoms with Gasteiger partial charge in [0.25, 0.3) is 0 Å². The molecule has 3 atom stereocenters. The molecule has 3 nitrogen and oxygen atoms in total. The second-order valence-electron chi connectivity index (χ2n) is 9.53. The molecule has 0 saturated heterocycles. The summed E-state index contributed by atoms with van der Waals surface area (Å²) >= 11 is 0. The first-order valence-corrected chi connectivity index (χ1v) is 12.7. The Kier molecular flexibility index (Phi) is 6.08. The number of rotatable bonds is 5. The van der Waals surface area contributed by atoms with E-state index in [9.17, 15) is 4.79 Å². The highest BCUT2D eigenvalue weighted by Crippen LogP contribution is 2.49.